The summed E-state index contributed by atoms with van der Waals surface area (Å²) in [6.45, 7) is 5.89. The lowest BCUT2D eigenvalue weighted by Crippen LogP contribution is -2.69. The van der Waals surface area contributed by atoms with Crippen LogP contribution in [0.15, 0.2) is 0 Å². The highest BCUT2D eigenvalue weighted by Gasteiger charge is 2.47. The minimum absolute atomic E-state index is 0.166. The van der Waals surface area contributed by atoms with Crippen LogP contribution < -0.4 is 5.32 Å². The van der Waals surface area contributed by atoms with Crippen molar-refractivity contribution in [3.05, 3.63) is 0 Å². The fourth-order valence-corrected chi connectivity index (χ4v) is 2.03. The van der Waals surface area contributed by atoms with Gasteiger partial charge < -0.3 is 10.2 Å². The van der Waals surface area contributed by atoms with E-state index in [1.54, 1.807) is 13.8 Å². The predicted molar refractivity (Wildman–Crippen MR) is 63.2 cm³/mol. The van der Waals surface area contributed by atoms with E-state index in [1.807, 2.05) is 0 Å². The lowest BCUT2D eigenvalue weighted by molar-refractivity contribution is -0.164. The van der Waals surface area contributed by atoms with Crippen LogP contribution in [0.1, 0.15) is 34.1 Å². The second kappa shape index (κ2) is 5.02. The number of halogens is 3. The minimum atomic E-state index is -4.35. The molecule has 0 aromatic carbocycles. The average molecular weight is 280 g/mol. The summed E-state index contributed by atoms with van der Waals surface area (Å²) in [7, 11) is 0. The Hall–Kier alpha value is -1.27. The van der Waals surface area contributed by atoms with Gasteiger partial charge in [0.25, 0.3) is 0 Å². The van der Waals surface area contributed by atoms with Gasteiger partial charge in [0, 0.05) is 6.54 Å². The topological polar surface area (TPSA) is 49.4 Å². The maximum absolute atomic E-state index is 12.3. The first-order chi connectivity index (χ1) is 8.47. The molecule has 19 heavy (non-hydrogen) atoms. The fraction of sp³-hybridized carbons (Fsp3) is 0.833. The number of piperazine rings is 1. The zero-order valence-corrected chi connectivity index (χ0v) is 11.5. The Kier molecular flexibility index (Phi) is 4.17. The maximum Gasteiger partial charge on any atom is 0.390 e. The van der Waals surface area contributed by atoms with Crippen molar-refractivity contribution >= 4 is 11.8 Å². The molecule has 0 saturated carbocycles. The van der Waals surface area contributed by atoms with Crippen LogP contribution in [0.2, 0.25) is 0 Å². The van der Waals surface area contributed by atoms with Gasteiger partial charge in [0.15, 0.2) is 0 Å². The van der Waals surface area contributed by atoms with Crippen LogP contribution in [0.25, 0.3) is 0 Å². The number of carbonyl (C=O) groups is 2. The summed E-state index contributed by atoms with van der Waals surface area (Å²) in [5.41, 5.74) is -1.26. The van der Waals surface area contributed by atoms with Crippen LogP contribution in [-0.2, 0) is 9.59 Å². The second-order valence-corrected chi connectivity index (χ2v) is 5.61. The van der Waals surface area contributed by atoms with Crippen molar-refractivity contribution < 1.29 is 22.8 Å². The van der Waals surface area contributed by atoms with Crippen LogP contribution in [0.5, 0.6) is 0 Å². The summed E-state index contributed by atoms with van der Waals surface area (Å²) in [5, 5.41) is 2.57. The highest BCUT2D eigenvalue weighted by Crippen LogP contribution is 2.27. The molecule has 7 heteroatoms. The molecule has 0 aliphatic carbocycles. The van der Waals surface area contributed by atoms with Crippen molar-refractivity contribution in [3.63, 3.8) is 0 Å². The molecule has 0 radical (unpaired) electrons. The van der Waals surface area contributed by atoms with Crippen LogP contribution >= 0.6 is 0 Å². The molecule has 0 spiro atoms. The second-order valence-electron chi connectivity index (χ2n) is 5.61. The molecule has 1 aliphatic rings. The van der Waals surface area contributed by atoms with Crippen molar-refractivity contribution in [1.29, 1.82) is 0 Å². The zero-order valence-electron chi connectivity index (χ0n) is 11.5. The molecule has 1 aliphatic heterocycles. The molecular weight excluding hydrogens is 261 g/mol. The quantitative estimate of drug-likeness (QED) is 0.855. The van der Waals surface area contributed by atoms with Gasteiger partial charge in [0.05, 0.1) is 6.42 Å². The number of amides is 2. The van der Waals surface area contributed by atoms with Crippen molar-refractivity contribution in [2.24, 2.45) is 5.92 Å². The Morgan fingerprint density at radius 2 is 1.84 bits per heavy atom. The number of carbonyl (C=O) groups excluding carboxylic acids is 2. The first-order valence-corrected chi connectivity index (χ1v) is 6.16. The number of nitrogens with zero attached hydrogens (tertiary/aromatic N) is 1. The monoisotopic (exact) mass is 280 g/mol. The van der Waals surface area contributed by atoms with E-state index in [0.29, 0.717) is 0 Å². The predicted octanol–water partition coefficient (Wildman–Crippen LogP) is 1.70. The lowest BCUT2D eigenvalue weighted by atomic mass is 9.91. The normalized spacial score (nSPS) is 23.8. The first kappa shape index (κ1) is 15.8. The van der Waals surface area contributed by atoms with Gasteiger partial charge in [-0.05, 0) is 19.8 Å². The summed E-state index contributed by atoms with van der Waals surface area (Å²) < 4.78 is 36.9. The van der Waals surface area contributed by atoms with Gasteiger partial charge in [0.1, 0.15) is 11.6 Å². The van der Waals surface area contributed by atoms with E-state index in [9.17, 15) is 22.8 Å². The van der Waals surface area contributed by atoms with E-state index in [1.165, 1.54) is 13.8 Å². The van der Waals surface area contributed by atoms with E-state index in [2.05, 4.69) is 5.32 Å². The van der Waals surface area contributed by atoms with E-state index in [-0.39, 0.29) is 5.92 Å². The van der Waals surface area contributed by atoms with E-state index in [4.69, 9.17) is 0 Å². The molecule has 1 fully saturated rings. The largest absolute Gasteiger partial charge is 0.390 e. The number of rotatable bonds is 3. The van der Waals surface area contributed by atoms with Gasteiger partial charge in [0.2, 0.25) is 11.8 Å². The summed E-state index contributed by atoms with van der Waals surface area (Å²) in [6, 6.07) is -0.756. The Morgan fingerprint density at radius 1 is 1.32 bits per heavy atom. The molecule has 0 aromatic heterocycles. The van der Waals surface area contributed by atoms with Gasteiger partial charge >= 0.3 is 6.18 Å². The van der Waals surface area contributed by atoms with Crippen molar-refractivity contribution in [2.75, 3.05) is 6.54 Å². The molecule has 0 bridgehead atoms. The molecule has 1 N–H and O–H groups in total. The standard InChI is InChI=1S/C12H19F3N2O2/c1-7(2)8-9(18)17(6-5-12(13,14)15)11(3,4)10(19)16-8/h7-8H,5-6H2,1-4H3,(H,16,19). The minimum Gasteiger partial charge on any atom is -0.342 e. The number of hydrogen-bond acceptors (Lipinski definition) is 2. The molecule has 1 atom stereocenters. The third kappa shape index (κ3) is 3.39. The Balaban J connectivity index is 2.94. The highest BCUT2D eigenvalue weighted by atomic mass is 19.4. The van der Waals surface area contributed by atoms with Gasteiger partial charge in [-0.15, -0.1) is 0 Å². The highest BCUT2D eigenvalue weighted by molar-refractivity contribution is 5.99. The van der Waals surface area contributed by atoms with Gasteiger partial charge in [-0.3, -0.25) is 9.59 Å². The maximum atomic E-state index is 12.3. The lowest BCUT2D eigenvalue weighted by Gasteiger charge is -2.45. The Labute approximate surface area is 110 Å². The summed E-state index contributed by atoms with van der Waals surface area (Å²) >= 11 is 0. The molecular formula is C12H19F3N2O2. The first-order valence-electron chi connectivity index (χ1n) is 6.16. The molecule has 4 nitrogen and oxygen atoms in total. The fourth-order valence-electron chi connectivity index (χ4n) is 2.03. The van der Waals surface area contributed by atoms with Crippen LogP contribution in [0.4, 0.5) is 13.2 Å². The van der Waals surface area contributed by atoms with Crippen LogP contribution in [0.3, 0.4) is 0 Å². The average Bonchev–Trinajstić information content (AvgIpc) is 2.21. The number of hydrogen-bond donors (Lipinski definition) is 1. The summed E-state index contributed by atoms with van der Waals surface area (Å²) in [6.07, 6.45) is -5.46. The molecule has 0 aromatic rings. The van der Waals surface area contributed by atoms with Gasteiger partial charge in [-0.1, -0.05) is 13.8 Å². The third-order valence-electron chi connectivity index (χ3n) is 3.33. The molecule has 1 unspecified atom stereocenters. The van der Waals surface area contributed by atoms with E-state index < -0.39 is 42.5 Å². The van der Waals surface area contributed by atoms with Crippen molar-refractivity contribution in [1.82, 2.24) is 10.2 Å². The smallest absolute Gasteiger partial charge is 0.342 e. The van der Waals surface area contributed by atoms with E-state index >= 15 is 0 Å². The molecule has 1 rings (SSSR count). The SMILES string of the molecule is CC(C)C1NC(=O)C(C)(C)N(CCC(F)(F)F)C1=O. The Bertz CT molecular complexity index is 378. The zero-order chi connectivity index (χ0) is 15.0. The van der Waals surface area contributed by atoms with Crippen LogP contribution in [-0.4, -0.2) is 41.0 Å². The Morgan fingerprint density at radius 3 is 2.26 bits per heavy atom. The summed E-state index contributed by atoms with van der Waals surface area (Å²) in [4.78, 5) is 25.1. The van der Waals surface area contributed by atoms with Crippen molar-refractivity contribution in [3.8, 4) is 0 Å². The van der Waals surface area contributed by atoms with Gasteiger partial charge in [-0.2, -0.15) is 13.2 Å². The molecule has 110 valence electrons. The van der Waals surface area contributed by atoms with Crippen LogP contribution in [0, 0.1) is 5.92 Å². The summed E-state index contributed by atoms with van der Waals surface area (Å²) in [5.74, 6) is -1.04. The van der Waals surface area contributed by atoms with Gasteiger partial charge in [-0.25, -0.2) is 0 Å². The molecule has 1 saturated heterocycles. The number of alkyl halides is 3. The van der Waals surface area contributed by atoms with E-state index in [0.717, 1.165) is 4.90 Å². The molecule has 2 amide bonds. The number of nitrogens with one attached hydrogen (secondary N) is 1. The van der Waals surface area contributed by atoms with Crippen molar-refractivity contribution in [2.45, 2.75) is 51.9 Å². The third-order valence-corrected chi connectivity index (χ3v) is 3.33. The molecule has 1 heterocycles.